The van der Waals surface area contributed by atoms with E-state index in [0.29, 0.717) is 32.7 Å². The average molecular weight is 431 g/mol. The third kappa shape index (κ3) is 8.28. The number of benzene rings is 1. The standard InChI is InChI=1S/C24H34N2O3S/c1-19-11-12-21(30-19)17-26(16-20-9-7-6-8-10-20)23(28)18-25(13-14-29-5)22(27)15-24(2,3)4/h6-12H,13-18H2,1-5H3. The van der Waals surface area contributed by atoms with Crippen LogP contribution in [0.4, 0.5) is 0 Å². The second kappa shape index (κ2) is 11.3. The molecule has 0 unspecified atom stereocenters. The first kappa shape index (κ1) is 24.1. The highest BCUT2D eigenvalue weighted by Gasteiger charge is 2.25. The molecule has 1 aromatic carbocycles. The van der Waals surface area contributed by atoms with Gasteiger partial charge in [-0.1, -0.05) is 51.1 Å². The summed E-state index contributed by atoms with van der Waals surface area (Å²) >= 11 is 1.70. The molecule has 2 aromatic rings. The number of aryl methyl sites for hydroxylation is 1. The first-order chi connectivity index (χ1) is 14.2. The second-order valence-corrected chi connectivity index (χ2v) is 10.2. The molecule has 0 radical (unpaired) electrons. The predicted molar refractivity (Wildman–Crippen MR) is 122 cm³/mol. The minimum atomic E-state index is -0.135. The molecule has 2 rings (SSSR count). The second-order valence-electron chi connectivity index (χ2n) is 8.79. The SMILES string of the molecule is COCCN(CC(=O)N(Cc1ccccc1)Cc1ccc(C)s1)C(=O)CC(C)(C)C. The van der Waals surface area contributed by atoms with Crippen molar-refractivity contribution in [2.75, 3.05) is 26.8 Å². The Hall–Kier alpha value is -2.18. The molecule has 0 aliphatic rings. The summed E-state index contributed by atoms with van der Waals surface area (Å²) < 4.78 is 5.17. The normalized spacial score (nSPS) is 11.4. The number of carbonyl (C=O) groups is 2. The first-order valence-electron chi connectivity index (χ1n) is 10.3. The Bertz CT molecular complexity index is 811. The predicted octanol–water partition coefficient (Wildman–Crippen LogP) is 4.50. The van der Waals surface area contributed by atoms with Gasteiger partial charge in [0.2, 0.25) is 11.8 Å². The summed E-state index contributed by atoms with van der Waals surface area (Å²) in [4.78, 5) is 32.0. The van der Waals surface area contributed by atoms with Crippen molar-refractivity contribution in [1.82, 2.24) is 9.80 Å². The minimum absolute atomic E-state index is 0.0143. The number of thiophene rings is 1. The molecule has 30 heavy (non-hydrogen) atoms. The summed E-state index contributed by atoms with van der Waals surface area (Å²) in [6.45, 7) is 10.1. The van der Waals surface area contributed by atoms with Gasteiger partial charge in [0.25, 0.3) is 0 Å². The van der Waals surface area contributed by atoms with Gasteiger partial charge in [-0.05, 0) is 30.0 Å². The van der Waals surface area contributed by atoms with E-state index in [1.165, 1.54) is 4.88 Å². The summed E-state index contributed by atoms with van der Waals surface area (Å²) in [5, 5.41) is 0. The van der Waals surface area contributed by atoms with Gasteiger partial charge in [0.1, 0.15) is 0 Å². The van der Waals surface area contributed by atoms with E-state index in [1.54, 1.807) is 23.3 Å². The molecule has 0 saturated carbocycles. The molecule has 0 aliphatic carbocycles. The lowest BCUT2D eigenvalue weighted by molar-refractivity contribution is -0.142. The molecule has 0 bridgehead atoms. The quantitative estimate of drug-likeness (QED) is 0.558. The van der Waals surface area contributed by atoms with Crippen LogP contribution in [-0.4, -0.2) is 48.4 Å². The van der Waals surface area contributed by atoms with E-state index in [-0.39, 0.29) is 23.8 Å². The van der Waals surface area contributed by atoms with Gasteiger partial charge in [0.15, 0.2) is 0 Å². The summed E-state index contributed by atoms with van der Waals surface area (Å²) in [5.74, 6) is -0.0669. The summed E-state index contributed by atoms with van der Waals surface area (Å²) in [7, 11) is 1.61. The summed E-state index contributed by atoms with van der Waals surface area (Å²) in [6.07, 6.45) is 0.396. The highest BCUT2D eigenvalue weighted by molar-refractivity contribution is 7.11. The Labute approximate surface area is 184 Å². The van der Waals surface area contributed by atoms with Crippen LogP contribution < -0.4 is 0 Å². The Morgan fingerprint density at radius 3 is 2.23 bits per heavy atom. The fraction of sp³-hybridized carbons (Fsp3) is 0.500. The van der Waals surface area contributed by atoms with E-state index in [9.17, 15) is 9.59 Å². The third-order valence-electron chi connectivity index (χ3n) is 4.64. The van der Waals surface area contributed by atoms with E-state index < -0.39 is 0 Å². The van der Waals surface area contributed by atoms with Crippen LogP contribution in [0.15, 0.2) is 42.5 Å². The van der Waals surface area contributed by atoms with Crippen molar-refractivity contribution in [3.63, 3.8) is 0 Å². The summed E-state index contributed by atoms with van der Waals surface area (Å²) in [6, 6.07) is 14.1. The number of methoxy groups -OCH3 is 1. The topological polar surface area (TPSA) is 49.9 Å². The fourth-order valence-electron chi connectivity index (χ4n) is 3.12. The van der Waals surface area contributed by atoms with Crippen LogP contribution in [0.5, 0.6) is 0 Å². The molecule has 2 amide bonds. The maximum Gasteiger partial charge on any atom is 0.242 e. The molecular formula is C24H34N2O3S. The molecule has 164 valence electrons. The highest BCUT2D eigenvalue weighted by atomic mass is 32.1. The molecule has 6 heteroatoms. The van der Waals surface area contributed by atoms with Gasteiger partial charge < -0.3 is 14.5 Å². The van der Waals surface area contributed by atoms with Gasteiger partial charge in [-0.2, -0.15) is 0 Å². The molecule has 0 spiro atoms. The van der Waals surface area contributed by atoms with Crippen molar-refractivity contribution in [1.29, 1.82) is 0 Å². The van der Waals surface area contributed by atoms with Crippen LogP contribution in [0.2, 0.25) is 0 Å². The maximum atomic E-state index is 13.3. The lowest BCUT2D eigenvalue weighted by Crippen LogP contribution is -2.44. The van der Waals surface area contributed by atoms with Crippen molar-refractivity contribution in [2.24, 2.45) is 5.41 Å². The molecule has 0 aliphatic heterocycles. The van der Waals surface area contributed by atoms with Crippen LogP contribution in [0.1, 0.15) is 42.5 Å². The zero-order valence-corrected chi connectivity index (χ0v) is 19.6. The highest BCUT2D eigenvalue weighted by Crippen LogP contribution is 2.21. The van der Waals surface area contributed by atoms with E-state index >= 15 is 0 Å². The van der Waals surface area contributed by atoms with Gasteiger partial charge in [-0.3, -0.25) is 9.59 Å². The van der Waals surface area contributed by atoms with Gasteiger partial charge in [-0.15, -0.1) is 11.3 Å². The van der Waals surface area contributed by atoms with Crippen molar-refractivity contribution >= 4 is 23.2 Å². The Kier molecular flexibility index (Phi) is 9.06. The van der Waals surface area contributed by atoms with Gasteiger partial charge in [0, 0.05) is 36.4 Å². The van der Waals surface area contributed by atoms with Crippen LogP contribution in [0.25, 0.3) is 0 Å². The smallest absolute Gasteiger partial charge is 0.242 e. The number of rotatable bonds is 10. The molecule has 0 atom stereocenters. The van der Waals surface area contributed by atoms with Gasteiger partial charge in [-0.25, -0.2) is 0 Å². The maximum absolute atomic E-state index is 13.3. The van der Waals surface area contributed by atoms with Crippen LogP contribution in [-0.2, 0) is 27.4 Å². The molecule has 0 N–H and O–H groups in total. The fourth-order valence-corrected chi connectivity index (χ4v) is 4.02. The van der Waals surface area contributed by atoms with Crippen LogP contribution in [0.3, 0.4) is 0 Å². The minimum Gasteiger partial charge on any atom is -0.383 e. The van der Waals surface area contributed by atoms with E-state index in [4.69, 9.17) is 4.74 Å². The molecule has 1 aromatic heterocycles. The van der Waals surface area contributed by atoms with Crippen molar-refractivity contribution in [3.8, 4) is 0 Å². The van der Waals surface area contributed by atoms with Crippen molar-refractivity contribution < 1.29 is 14.3 Å². The van der Waals surface area contributed by atoms with E-state index in [0.717, 1.165) is 10.4 Å². The Balaban J connectivity index is 2.17. The number of nitrogens with zero attached hydrogens (tertiary/aromatic N) is 2. The van der Waals surface area contributed by atoms with Crippen LogP contribution >= 0.6 is 11.3 Å². The zero-order valence-electron chi connectivity index (χ0n) is 18.8. The first-order valence-corrected chi connectivity index (χ1v) is 11.1. The van der Waals surface area contributed by atoms with Gasteiger partial charge >= 0.3 is 0 Å². The molecule has 0 fully saturated rings. The Morgan fingerprint density at radius 2 is 1.67 bits per heavy atom. The lowest BCUT2D eigenvalue weighted by Gasteiger charge is -2.29. The molecule has 0 saturated heterocycles. The Morgan fingerprint density at radius 1 is 0.967 bits per heavy atom. The third-order valence-corrected chi connectivity index (χ3v) is 5.62. The zero-order chi connectivity index (χ0) is 22.1. The largest absolute Gasteiger partial charge is 0.383 e. The monoisotopic (exact) mass is 430 g/mol. The molecule has 5 nitrogen and oxygen atoms in total. The van der Waals surface area contributed by atoms with Gasteiger partial charge in [0.05, 0.1) is 19.7 Å². The number of ether oxygens (including phenoxy) is 1. The summed E-state index contributed by atoms with van der Waals surface area (Å²) in [5.41, 5.74) is 0.938. The molecule has 1 heterocycles. The van der Waals surface area contributed by atoms with E-state index in [1.807, 2.05) is 56.0 Å². The number of hydrogen-bond donors (Lipinski definition) is 0. The average Bonchev–Trinajstić information content (AvgIpc) is 3.08. The van der Waals surface area contributed by atoms with Crippen molar-refractivity contribution in [3.05, 3.63) is 57.8 Å². The number of amides is 2. The molecular weight excluding hydrogens is 396 g/mol. The number of carbonyl (C=O) groups excluding carboxylic acids is 2. The number of hydrogen-bond acceptors (Lipinski definition) is 4. The lowest BCUT2D eigenvalue weighted by atomic mass is 9.91. The van der Waals surface area contributed by atoms with E-state index in [2.05, 4.69) is 19.1 Å². The van der Waals surface area contributed by atoms with Crippen molar-refractivity contribution in [2.45, 2.75) is 47.2 Å². The van der Waals surface area contributed by atoms with Crippen LogP contribution in [0, 0.1) is 12.3 Å².